The molecule has 4 rings (SSSR count). The Balaban J connectivity index is 1.67. The predicted octanol–water partition coefficient (Wildman–Crippen LogP) is 5.04. The highest BCUT2D eigenvalue weighted by Gasteiger charge is 2.45. The van der Waals surface area contributed by atoms with Crippen LogP contribution in [0.15, 0.2) is 54.2 Å². The Morgan fingerprint density at radius 3 is 2.52 bits per heavy atom. The van der Waals surface area contributed by atoms with E-state index in [9.17, 15) is 9.59 Å². The fourth-order valence-corrected chi connectivity index (χ4v) is 5.51. The number of fused-ring (bicyclic) bond motifs is 3. The van der Waals surface area contributed by atoms with Crippen molar-refractivity contribution in [3.05, 3.63) is 70.9 Å². The lowest BCUT2D eigenvalue weighted by atomic mass is 9.73. The predicted molar refractivity (Wildman–Crippen MR) is 151 cm³/mol. The Kier molecular flexibility index (Phi) is 9.87. The monoisotopic (exact) mass is 551 g/mol. The Morgan fingerprint density at radius 2 is 1.82 bits per heavy atom. The fraction of sp³-hybridized carbons (Fsp3) is 0.500. The van der Waals surface area contributed by atoms with Crippen molar-refractivity contribution < 1.29 is 33.3 Å². The van der Waals surface area contributed by atoms with Gasteiger partial charge in [0.15, 0.2) is 17.3 Å². The smallest absolute Gasteiger partial charge is 0.343 e. The molecule has 0 saturated carbocycles. The van der Waals surface area contributed by atoms with Gasteiger partial charge < -0.3 is 28.6 Å². The summed E-state index contributed by atoms with van der Waals surface area (Å²) >= 11 is 0. The molecule has 0 aliphatic carbocycles. The van der Waals surface area contributed by atoms with Gasteiger partial charge in [0.2, 0.25) is 0 Å². The molecule has 2 unspecified atom stereocenters. The number of hydrogen-bond acceptors (Lipinski definition) is 8. The summed E-state index contributed by atoms with van der Waals surface area (Å²) in [7, 11) is 3.29. The number of carbonyl (C=O) groups is 2. The summed E-state index contributed by atoms with van der Waals surface area (Å²) in [5.41, 5.74) is 3.00. The molecule has 40 heavy (non-hydrogen) atoms. The molecule has 2 atom stereocenters. The lowest BCUT2D eigenvalue weighted by molar-refractivity contribution is -0.141. The number of nitrogens with zero attached hydrogens (tertiary/aromatic N) is 1. The summed E-state index contributed by atoms with van der Waals surface area (Å²) in [6.45, 7) is 8.42. The number of ketones is 1. The van der Waals surface area contributed by atoms with Crippen LogP contribution in [0.2, 0.25) is 0 Å². The van der Waals surface area contributed by atoms with Crippen LogP contribution in [0.25, 0.3) is 0 Å². The van der Waals surface area contributed by atoms with Crippen molar-refractivity contribution in [2.24, 2.45) is 5.41 Å². The number of methoxy groups -OCH3 is 2. The minimum absolute atomic E-state index is 0.0481. The molecular weight excluding hydrogens is 510 g/mol. The molecule has 0 radical (unpaired) electrons. The number of rotatable bonds is 13. The van der Waals surface area contributed by atoms with Gasteiger partial charge in [-0.1, -0.05) is 44.2 Å². The second-order valence-electron chi connectivity index (χ2n) is 10.9. The third kappa shape index (κ3) is 6.67. The molecule has 0 bridgehead atoms. The van der Waals surface area contributed by atoms with Crippen molar-refractivity contribution in [2.45, 2.75) is 58.7 Å². The standard InChI is InChI=1S/C32H41NO7/c1-6-39-31(35)25-19-33-26(18-27(25)34)24-17-28(37-5)29(40-14-10-13-36-4)15-23(24)16-30(33)32(2,3)21-38-20-22-11-8-7-9-12-22/h7-9,11-12,15,17,19,26,30H,6,10,13-14,16,18,20-21H2,1-5H3. The van der Waals surface area contributed by atoms with E-state index in [1.807, 2.05) is 42.5 Å². The summed E-state index contributed by atoms with van der Waals surface area (Å²) in [4.78, 5) is 28.1. The summed E-state index contributed by atoms with van der Waals surface area (Å²) in [6.07, 6.45) is 3.33. The normalized spacial score (nSPS) is 18.5. The lowest BCUT2D eigenvalue weighted by Gasteiger charge is -2.50. The molecule has 216 valence electrons. The van der Waals surface area contributed by atoms with E-state index in [4.69, 9.17) is 23.7 Å². The quantitative estimate of drug-likeness (QED) is 0.195. The highest BCUT2D eigenvalue weighted by atomic mass is 16.5. The molecule has 2 aliphatic rings. The molecule has 0 aromatic heterocycles. The first-order chi connectivity index (χ1) is 19.3. The number of esters is 1. The number of carbonyl (C=O) groups excluding carboxylic acids is 2. The average molecular weight is 552 g/mol. The van der Waals surface area contributed by atoms with Crippen LogP contribution in [0.3, 0.4) is 0 Å². The van der Waals surface area contributed by atoms with E-state index in [2.05, 4.69) is 18.7 Å². The van der Waals surface area contributed by atoms with Crippen LogP contribution in [0, 0.1) is 5.41 Å². The number of Topliss-reactive ketones (excluding diaryl/α,β-unsaturated/α-hetero) is 1. The van der Waals surface area contributed by atoms with Crippen molar-refractivity contribution in [1.82, 2.24) is 4.90 Å². The Labute approximate surface area is 237 Å². The zero-order valence-corrected chi connectivity index (χ0v) is 24.2. The molecule has 8 heteroatoms. The first-order valence-electron chi connectivity index (χ1n) is 13.9. The van der Waals surface area contributed by atoms with Crippen LogP contribution in [-0.2, 0) is 36.8 Å². The second-order valence-corrected chi connectivity index (χ2v) is 10.9. The number of ether oxygens (including phenoxy) is 5. The maximum atomic E-state index is 13.2. The van der Waals surface area contributed by atoms with E-state index < -0.39 is 5.97 Å². The molecule has 0 amide bonds. The van der Waals surface area contributed by atoms with Gasteiger partial charge in [-0.25, -0.2) is 4.79 Å². The molecule has 0 saturated heterocycles. The molecule has 2 aromatic rings. The fourth-order valence-electron chi connectivity index (χ4n) is 5.51. The molecule has 2 aliphatic heterocycles. The summed E-state index contributed by atoms with van der Waals surface area (Å²) in [6, 6.07) is 13.8. The highest BCUT2D eigenvalue weighted by Crippen LogP contribution is 2.47. The van der Waals surface area contributed by atoms with Gasteiger partial charge in [0.25, 0.3) is 0 Å². The van der Waals surface area contributed by atoms with Gasteiger partial charge in [-0.05, 0) is 42.2 Å². The van der Waals surface area contributed by atoms with Crippen molar-refractivity contribution >= 4 is 11.8 Å². The van der Waals surface area contributed by atoms with Crippen LogP contribution in [-0.4, -0.2) is 63.3 Å². The van der Waals surface area contributed by atoms with Crippen LogP contribution in [0.5, 0.6) is 11.5 Å². The maximum Gasteiger partial charge on any atom is 0.343 e. The van der Waals surface area contributed by atoms with Gasteiger partial charge in [0.1, 0.15) is 5.57 Å². The van der Waals surface area contributed by atoms with Gasteiger partial charge >= 0.3 is 5.97 Å². The van der Waals surface area contributed by atoms with Gasteiger partial charge in [-0.15, -0.1) is 0 Å². The van der Waals surface area contributed by atoms with Crippen LogP contribution < -0.4 is 9.47 Å². The third-order valence-corrected chi connectivity index (χ3v) is 7.61. The van der Waals surface area contributed by atoms with E-state index in [1.54, 1.807) is 27.3 Å². The number of hydrogen-bond donors (Lipinski definition) is 0. The molecule has 0 N–H and O–H groups in total. The van der Waals surface area contributed by atoms with Gasteiger partial charge in [0.05, 0.1) is 39.6 Å². The van der Waals surface area contributed by atoms with Crippen molar-refractivity contribution in [1.29, 1.82) is 0 Å². The van der Waals surface area contributed by atoms with Crippen LogP contribution in [0.1, 0.15) is 56.3 Å². The minimum Gasteiger partial charge on any atom is -0.493 e. The van der Waals surface area contributed by atoms with Crippen molar-refractivity contribution in [2.75, 3.05) is 40.6 Å². The Morgan fingerprint density at radius 1 is 1.05 bits per heavy atom. The summed E-state index contributed by atoms with van der Waals surface area (Å²) < 4.78 is 28.3. The molecule has 8 nitrogen and oxygen atoms in total. The van der Waals surface area contributed by atoms with Gasteiger partial charge in [0, 0.05) is 44.2 Å². The zero-order chi connectivity index (χ0) is 28.7. The SMILES string of the molecule is CCOC(=O)C1=CN2C(CC1=O)c1cc(OC)c(OCCCOC)cc1CC2C(C)(C)COCc1ccccc1. The third-order valence-electron chi connectivity index (χ3n) is 7.61. The van der Waals surface area contributed by atoms with Crippen LogP contribution in [0.4, 0.5) is 0 Å². The topological polar surface area (TPSA) is 83.5 Å². The largest absolute Gasteiger partial charge is 0.493 e. The molecule has 2 aromatic carbocycles. The average Bonchev–Trinajstić information content (AvgIpc) is 2.94. The van der Waals surface area contributed by atoms with Crippen molar-refractivity contribution in [3.8, 4) is 11.5 Å². The minimum atomic E-state index is -0.578. The Hall–Kier alpha value is -3.36. The first-order valence-corrected chi connectivity index (χ1v) is 13.9. The van der Waals surface area contributed by atoms with E-state index in [0.29, 0.717) is 44.3 Å². The highest BCUT2D eigenvalue weighted by molar-refractivity contribution is 6.17. The van der Waals surface area contributed by atoms with Crippen molar-refractivity contribution in [3.63, 3.8) is 0 Å². The molecular formula is C32H41NO7. The van der Waals surface area contributed by atoms with Gasteiger partial charge in [-0.3, -0.25) is 4.79 Å². The van der Waals surface area contributed by atoms with E-state index in [0.717, 1.165) is 23.1 Å². The lowest BCUT2D eigenvalue weighted by Crippen LogP contribution is -2.52. The second kappa shape index (κ2) is 13.3. The maximum absolute atomic E-state index is 13.2. The summed E-state index contributed by atoms with van der Waals surface area (Å²) in [5, 5.41) is 0. The molecule has 0 fully saturated rings. The van der Waals surface area contributed by atoms with Crippen LogP contribution >= 0.6 is 0 Å². The first kappa shape index (κ1) is 29.6. The van der Waals surface area contributed by atoms with E-state index >= 15 is 0 Å². The number of benzene rings is 2. The molecule has 0 spiro atoms. The zero-order valence-electron chi connectivity index (χ0n) is 24.2. The van der Waals surface area contributed by atoms with E-state index in [-0.39, 0.29) is 41.9 Å². The Bertz CT molecular complexity index is 1210. The summed E-state index contributed by atoms with van der Waals surface area (Å²) in [5.74, 6) is 0.495. The van der Waals surface area contributed by atoms with E-state index in [1.165, 1.54) is 0 Å². The molecule has 2 heterocycles. The van der Waals surface area contributed by atoms with Gasteiger partial charge in [-0.2, -0.15) is 0 Å².